The lowest BCUT2D eigenvalue weighted by Gasteiger charge is -2.25. The van der Waals surface area contributed by atoms with Crippen LogP contribution in [0.3, 0.4) is 0 Å². The van der Waals surface area contributed by atoms with Gasteiger partial charge < -0.3 is 9.64 Å². The number of likely N-dealkylation sites (N-methyl/N-ethyl adjacent to an activating group) is 1. The third-order valence-corrected chi connectivity index (χ3v) is 5.67. The number of sulfonamides is 1. The van der Waals surface area contributed by atoms with Crippen LogP contribution in [0.25, 0.3) is 0 Å². The molecule has 27 heavy (non-hydrogen) atoms. The summed E-state index contributed by atoms with van der Waals surface area (Å²) in [6, 6.07) is 11.0. The van der Waals surface area contributed by atoms with Crippen LogP contribution in [0.4, 0.5) is 13.2 Å². The monoisotopic (exact) mass is 402 g/mol. The lowest BCUT2D eigenvalue weighted by atomic mass is 10.2. The van der Waals surface area contributed by atoms with Crippen LogP contribution in [0, 0.1) is 5.82 Å². The van der Waals surface area contributed by atoms with Gasteiger partial charge in [-0.25, -0.2) is 12.8 Å². The minimum Gasteiger partial charge on any atom is -0.433 e. The topological polar surface area (TPSA) is 49.9 Å². The van der Waals surface area contributed by atoms with Crippen molar-refractivity contribution < 1.29 is 26.3 Å². The summed E-state index contributed by atoms with van der Waals surface area (Å²) in [5.74, 6) is -0.990. The van der Waals surface area contributed by atoms with Gasteiger partial charge in [0.1, 0.15) is 16.5 Å². The molecule has 0 aliphatic rings. The fourth-order valence-electron chi connectivity index (χ4n) is 2.41. The van der Waals surface area contributed by atoms with Crippen molar-refractivity contribution in [3.63, 3.8) is 0 Å². The van der Waals surface area contributed by atoms with E-state index in [2.05, 4.69) is 4.74 Å². The molecule has 0 spiro atoms. The number of rotatable bonds is 9. The Kier molecular flexibility index (Phi) is 7.23. The molecule has 9 heteroatoms. The second-order valence-electron chi connectivity index (χ2n) is 6.06. The first-order valence-electron chi connectivity index (χ1n) is 8.14. The van der Waals surface area contributed by atoms with E-state index < -0.39 is 28.2 Å². The maximum absolute atomic E-state index is 14.0. The third-order valence-electron chi connectivity index (χ3n) is 3.78. The number of benzene rings is 2. The summed E-state index contributed by atoms with van der Waals surface area (Å²) in [7, 11) is -0.675. The average Bonchev–Trinajstić information content (AvgIpc) is 2.59. The molecular weight excluding hydrogens is 381 g/mol. The first-order chi connectivity index (χ1) is 12.7. The fraction of sp³-hybridized carbons (Fsp3) is 0.333. The normalized spacial score (nSPS) is 12.1. The minimum atomic E-state index is -4.21. The van der Waals surface area contributed by atoms with Crippen molar-refractivity contribution >= 4 is 10.0 Å². The molecule has 0 saturated heterocycles. The fourth-order valence-corrected chi connectivity index (χ4v) is 3.94. The maximum atomic E-state index is 14.0. The molecule has 5 nitrogen and oxygen atoms in total. The summed E-state index contributed by atoms with van der Waals surface area (Å²) in [4.78, 5) is 1.38. The standard InChI is InChI=1S/C18H21F3N2O3S/c1-22(2)11-12-23(13-14-7-3-4-8-15(14)19)27(24,25)17-10-6-5-9-16(17)26-18(20)21/h3-10,18H,11-13H2,1-2H3. The maximum Gasteiger partial charge on any atom is 0.387 e. The van der Waals surface area contributed by atoms with Gasteiger partial charge in [-0.15, -0.1) is 0 Å². The number of para-hydroxylation sites is 1. The second kappa shape index (κ2) is 9.20. The molecule has 148 valence electrons. The van der Waals surface area contributed by atoms with Crippen LogP contribution in [0.1, 0.15) is 5.56 Å². The molecule has 0 aliphatic carbocycles. The summed E-state index contributed by atoms with van der Waals surface area (Å²) < 4.78 is 71.0. The van der Waals surface area contributed by atoms with E-state index in [1.54, 1.807) is 25.1 Å². The smallest absolute Gasteiger partial charge is 0.387 e. The molecule has 2 aromatic rings. The van der Waals surface area contributed by atoms with E-state index in [9.17, 15) is 21.6 Å². The molecule has 0 heterocycles. The van der Waals surface area contributed by atoms with Gasteiger partial charge in [0.25, 0.3) is 0 Å². The van der Waals surface area contributed by atoms with Gasteiger partial charge in [-0.2, -0.15) is 13.1 Å². The highest BCUT2D eigenvalue weighted by atomic mass is 32.2. The SMILES string of the molecule is CN(C)CCN(Cc1ccccc1F)S(=O)(=O)c1ccccc1OC(F)F. The summed E-state index contributed by atoms with van der Waals surface area (Å²) in [6.45, 7) is -2.98. The van der Waals surface area contributed by atoms with E-state index in [0.717, 1.165) is 10.4 Å². The van der Waals surface area contributed by atoms with Crippen LogP contribution in [0.5, 0.6) is 5.75 Å². The Morgan fingerprint density at radius 3 is 2.26 bits per heavy atom. The van der Waals surface area contributed by atoms with Crippen molar-refractivity contribution in [2.24, 2.45) is 0 Å². The number of ether oxygens (including phenoxy) is 1. The summed E-state index contributed by atoms with van der Waals surface area (Å²) >= 11 is 0. The van der Waals surface area contributed by atoms with Crippen molar-refractivity contribution in [1.29, 1.82) is 0 Å². The van der Waals surface area contributed by atoms with E-state index in [4.69, 9.17) is 0 Å². The first kappa shape index (κ1) is 21.2. The van der Waals surface area contributed by atoms with Crippen molar-refractivity contribution in [3.05, 3.63) is 59.9 Å². The Labute approximate surface area is 157 Å². The van der Waals surface area contributed by atoms with Crippen molar-refractivity contribution in [2.75, 3.05) is 27.2 Å². The molecule has 0 unspecified atom stereocenters. The molecule has 0 radical (unpaired) electrons. The van der Waals surface area contributed by atoms with E-state index >= 15 is 0 Å². The van der Waals surface area contributed by atoms with Crippen molar-refractivity contribution in [3.8, 4) is 5.75 Å². The van der Waals surface area contributed by atoms with Gasteiger partial charge in [0, 0.05) is 25.2 Å². The first-order valence-corrected chi connectivity index (χ1v) is 9.58. The van der Waals surface area contributed by atoms with Gasteiger partial charge in [0.2, 0.25) is 10.0 Å². The molecule has 0 aromatic heterocycles. The zero-order chi connectivity index (χ0) is 20.0. The van der Waals surface area contributed by atoms with E-state index in [-0.39, 0.29) is 23.5 Å². The van der Waals surface area contributed by atoms with Crippen LogP contribution < -0.4 is 4.74 Å². The van der Waals surface area contributed by atoms with E-state index in [0.29, 0.717) is 6.54 Å². The lowest BCUT2D eigenvalue weighted by molar-refractivity contribution is -0.0518. The van der Waals surface area contributed by atoms with Crippen molar-refractivity contribution in [1.82, 2.24) is 9.21 Å². The zero-order valence-corrected chi connectivity index (χ0v) is 15.8. The predicted octanol–water partition coefficient (Wildman–Crippen LogP) is 3.18. The third kappa shape index (κ3) is 5.69. The molecule has 0 aliphatic heterocycles. The largest absolute Gasteiger partial charge is 0.433 e. The molecule has 0 amide bonds. The highest BCUT2D eigenvalue weighted by Crippen LogP contribution is 2.29. The molecule has 0 bridgehead atoms. The average molecular weight is 402 g/mol. The Morgan fingerprint density at radius 2 is 1.63 bits per heavy atom. The van der Waals surface area contributed by atoms with E-state index in [1.165, 1.54) is 36.4 Å². The van der Waals surface area contributed by atoms with Crippen LogP contribution in [0.15, 0.2) is 53.4 Å². The van der Waals surface area contributed by atoms with Crippen LogP contribution in [0.2, 0.25) is 0 Å². The molecule has 0 atom stereocenters. The van der Waals surface area contributed by atoms with Crippen LogP contribution in [-0.2, 0) is 16.6 Å². The Hall–Kier alpha value is -2.10. The number of hydrogen-bond acceptors (Lipinski definition) is 4. The Balaban J connectivity index is 2.43. The van der Waals surface area contributed by atoms with Gasteiger partial charge in [0.15, 0.2) is 0 Å². The lowest BCUT2D eigenvalue weighted by Crippen LogP contribution is -2.36. The molecule has 0 fully saturated rings. The van der Waals surface area contributed by atoms with Gasteiger partial charge in [-0.05, 0) is 32.3 Å². The second-order valence-corrected chi connectivity index (χ2v) is 7.96. The Morgan fingerprint density at radius 1 is 1.00 bits per heavy atom. The summed E-state index contributed by atoms with van der Waals surface area (Å²) in [5, 5.41) is 0. The van der Waals surface area contributed by atoms with Gasteiger partial charge >= 0.3 is 6.61 Å². The van der Waals surface area contributed by atoms with E-state index in [1.807, 2.05) is 0 Å². The highest BCUT2D eigenvalue weighted by Gasteiger charge is 2.29. The number of hydrogen-bond donors (Lipinski definition) is 0. The summed E-state index contributed by atoms with van der Waals surface area (Å²) in [5.41, 5.74) is 0.187. The minimum absolute atomic E-state index is 0.0483. The molecule has 0 saturated carbocycles. The van der Waals surface area contributed by atoms with Crippen LogP contribution >= 0.6 is 0 Å². The van der Waals surface area contributed by atoms with Gasteiger partial charge in [-0.3, -0.25) is 0 Å². The number of halogens is 3. The molecular formula is C18H21F3N2O3S. The predicted molar refractivity (Wildman–Crippen MR) is 95.6 cm³/mol. The zero-order valence-electron chi connectivity index (χ0n) is 15.0. The molecule has 2 aromatic carbocycles. The van der Waals surface area contributed by atoms with Gasteiger partial charge in [0.05, 0.1) is 0 Å². The van der Waals surface area contributed by atoms with Crippen LogP contribution in [-0.4, -0.2) is 51.4 Å². The molecule has 2 rings (SSSR count). The summed E-state index contributed by atoms with van der Waals surface area (Å²) in [6.07, 6.45) is 0. The van der Waals surface area contributed by atoms with Gasteiger partial charge in [-0.1, -0.05) is 30.3 Å². The number of alkyl halides is 2. The Bertz CT molecular complexity index is 860. The molecule has 0 N–H and O–H groups in total. The number of nitrogens with zero attached hydrogens (tertiary/aromatic N) is 2. The quantitative estimate of drug-likeness (QED) is 0.647. The van der Waals surface area contributed by atoms with Crippen molar-refractivity contribution in [2.45, 2.75) is 18.1 Å². The highest BCUT2D eigenvalue weighted by molar-refractivity contribution is 7.89.